The fourth-order valence-electron chi connectivity index (χ4n) is 3.74. The number of hydrogen-bond donors (Lipinski definition) is 2. The predicted molar refractivity (Wildman–Crippen MR) is 121 cm³/mol. The number of nitrogens with two attached hydrogens (primary N) is 1. The molecular weight excluding hydrogens is 376 g/mol. The number of benzene rings is 2. The summed E-state index contributed by atoms with van der Waals surface area (Å²) in [4.78, 5) is 20.4. The van der Waals surface area contributed by atoms with Crippen LogP contribution in [0, 0.1) is 13.8 Å². The third-order valence-electron chi connectivity index (χ3n) is 5.54. The number of aryl methyl sites for hydroxylation is 2. The van der Waals surface area contributed by atoms with Crippen LogP contribution in [0.4, 0.5) is 5.69 Å². The second kappa shape index (κ2) is 10.3. The van der Waals surface area contributed by atoms with Gasteiger partial charge in [0.05, 0.1) is 0 Å². The van der Waals surface area contributed by atoms with Crippen molar-refractivity contribution in [3.05, 3.63) is 64.7 Å². The summed E-state index contributed by atoms with van der Waals surface area (Å²) in [5.74, 6) is 0.0277. The van der Waals surface area contributed by atoms with Crippen LogP contribution in [0.15, 0.2) is 47.6 Å². The molecule has 1 aliphatic heterocycles. The highest BCUT2D eigenvalue weighted by Gasteiger charge is 2.18. The highest BCUT2D eigenvalue weighted by atomic mass is 16.6. The Labute approximate surface area is 179 Å². The Kier molecular flexibility index (Phi) is 7.46. The van der Waals surface area contributed by atoms with Crippen molar-refractivity contribution in [2.24, 2.45) is 10.9 Å². The van der Waals surface area contributed by atoms with E-state index >= 15 is 0 Å². The van der Waals surface area contributed by atoms with Crippen LogP contribution in [0.2, 0.25) is 0 Å². The fraction of sp³-hybridized carbons (Fsp3) is 0.417. The van der Waals surface area contributed by atoms with Gasteiger partial charge in [0.2, 0.25) is 6.10 Å². The Morgan fingerprint density at radius 2 is 1.77 bits per heavy atom. The number of oxime groups is 1. The summed E-state index contributed by atoms with van der Waals surface area (Å²) in [5.41, 5.74) is 11.0. The van der Waals surface area contributed by atoms with E-state index in [4.69, 9.17) is 10.6 Å². The first-order valence-electron chi connectivity index (χ1n) is 10.6. The van der Waals surface area contributed by atoms with Gasteiger partial charge in [-0.2, -0.15) is 0 Å². The minimum atomic E-state index is -0.767. The monoisotopic (exact) mass is 408 g/mol. The van der Waals surface area contributed by atoms with Crippen LogP contribution in [0.5, 0.6) is 0 Å². The van der Waals surface area contributed by atoms with Crippen molar-refractivity contribution >= 4 is 17.4 Å². The maximum absolute atomic E-state index is 12.5. The van der Waals surface area contributed by atoms with E-state index in [-0.39, 0.29) is 11.7 Å². The minimum absolute atomic E-state index is 0.259. The molecule has 1 heterocycles. The molecule has 1 amide bonds. The van der Waals surface area contributed by atoms with E-state index in [0.717, 1.165) is 47.6 Å². The second-order valence-corrected chi connectivity index (χ2v) is 7.97. The molecule has 0 bridgehead atoms. The molecule has 2 aromatic rings. The average molecular weight is 409 g/mol. The standard InChI is InChI=1S/C24H32N4O2/c1-17-10-9-11-18(2)22(17)26-24(29)19(3)30-27-23(25)21-13-6-5-12-20(21)16-28-14-7-4-8-15-28/h5-6,9-13,19H,4,7-8,14-16H2,1-3H3,(H2,25,27)(H,26,29). The molecule has 0 aromatic heterocycles. The van der Waals surface area contributed by atoms with Crippen molar-refractivity contribution in [1.82, 2.24) is 4.90 Å². The maximum atomic E-state index is 12.5. The van der Waals surface area contributed by atoms with E-state index in [1.807, 2.05) is 50.2 Å². The Balaban J connectivity index is 1.65. The quantitative estimate of drug-likeness (QED) is 0.413. The van der Waals surface area contributed by atoms with Crippen LogP contribution in [-0.2, 0) is 16.2 Å². The molecule has 1 saturated heterocycles. The number of anilines is 1. The molecule has 1 fully saturated rings. The molecular formula is C24H32N4O2. The number of amidine groups is 1. The lowest BCUT2D eigenvalue weighted by Crippen LogP contribution is -2.30. The fourth-order valence-corrected chi connectivity index (χ4v) is 3.74. The number of amides is 1. The largest absolute Gasteiger partial charge is 0.381 e. The van der Waals surface area contributed by atoms with E-state index in [2.05, 4.69) is 21.4 Å². The summed E-state index contributed by atoms with van der Waals surface area (Å²) in [6.07, 6.45) is 3.01. The molecule has 0 aliphatic carbocycles. The molecule has 0 saturated carbocycles. The van der Waals surface area contributed by atoms with E-state index < -0.39 is 6.10 Å². The maximum Gasteiger partial charge on any atom is 0.268 e. The lowest BCUT2D eigenvalue weighted by Gasteiger charge is -2.27. The molecule has 160 valence electrons. The van der Waals surface area contributed by atoms with E-state index in [1.165, 1.54) is 19.3 Å². The number of likely N-dealkylation sites (tertiary alicyclic amines) is 1. The van der Waals surface area contributed by atoms with Crippen LogP contribution in [-0.4, -0.2) is 35.8 Å². The summed E-state index contributed by atoms with van der Waals surface area (Å²) in [6, 6.07) is 13.9. The van der Waals surface area contributed by atoms with Crippen molar-refractivity contribution < 1.29 is 9.63 Å². The number of hydrogen-bond acceptors (Lipinski definition) is 4. The average Bonchev–Trinajstić information content (AvgIpc) is 2.75. The van der Waals surface area contributed by atoms with Crippen LogP contribution in [0.25, 0.3) is 0 Å². The first-order chi connectivity index (χ1) is 14.5. The van der Waals surface area contributed by atoms with Gasteiger partial charge >= 0.3 is 0 Å². The Hall–Kier alpha value is -2.86. The van der Waals surface area contributed by atoms with Gasteiger partial charge in [0, 0.05) is 17.8 Å². The van der Waals surface area contributed by atoms with Gasteiger partial charge in [-0.3, -0.25) is 9.69 Å². The van der Waals surface area contributed by atoms with E-state index in [9.17, 15) is 4.79 Å². The molecule has 6 heteroatoms. The highest BCUT2D eigenvalue weighted by Crippen LogP contribution is 2.20. The zero-order chi connectivity index (χ0) is 21.5. The third kappa shape index (κ3) is 5.60. The lowest BCUT2D eigenvalue weighted by molar-refractivity contribution is -0.126. The highest BCUT2D eigenvalue weighted by molar-refractivity contribution is 5.99. The molecule has 0 spiro atoms. The summed E-state index contributed by atoms with van der Waals surface area (Å²) in [5, 5.41) is 7.00. The number of para-hydroxylation sites is 1. The number of carbonyl (C=O) groups is 1. The summed E-state index contributed by atoms with van der Waals surface area (Å²) >= 11 is 0. The van der Waals surface area contributed by atoms with Gasteiger partial charge < -0.3 is 15.9 Å². The number of piperidine rings is 1. The summed E-state index contributed by atoms with van der Waals surface area (Å²) < 4.78 is 0. The molecule has 6 nitrogen and oxygen atoms in total. The third-order valence-corrected chi connectivity index (χ3v) is 5.54. The molecule has 2 aromatic carbocycles. The van der Waals surface area contributed by atoms with Gasteiger partial charge in [-0.15, -0.1) is 0 Å². The molecule has 30 heavy (non-hydrogen) atoms. The topological polar surface area (TPSA) is 79.9 Å². The van der Waals surface area contributed by atoms with Gasteiger partial charge in [0.15, 0.2) is 5.84 Å². The van der Waals surface area contributed by atoms with Gasteiger partial charge in [-0.1, -0.05) is 54.0 Å². The summed E-state index contributed by atoms with van der Waals surface area (Å²) in [6.45, 7) is 8.65. The lowest BCUT2D eigenvalue weighted by atomic mass is 10.0. The predicted octanol–water partition coefficient (Wildman–Crippen LogP) is 3.95. The van der Waals surface area contributed by atoms with E-state index in [0.29, 0.717) is 0 Å². The van der Waals surface area contributed by atoms with Crippen molar-refractivity contribution in [1.29, 1.82) is 0 Å². The van der Waals surface area contributed by atoms with Gasteiger partial charge in [-0.25, -0.2) is 0 Å². The minimum Gasteiger partial charge on any atom is -0.381 e. The normalized spacial score (nSPS) is 16.2. The van der Waals surface area contributed by atoms with Gasteiger partial charge in [-0.05, 0) is 63.4 Å². The smallest absolute Gasteiger partial charge is 0.268 e. The Morgan fingerprint density at radius 1 is 1.10 bits per heavy atom. The molecule has 1 unspecified atom stereocenters. The Bertz CT molecular complexity index is 884. The zero-order valence-electron chi connectivity index (χ0n) is 18.1. The van der Waals surface area contributed by atoms with Gasteiger partial charge in [0.1, 0.15) is 0 Å². The molecule has 3 rings (SSSR count). The number of carbonyl (C=O) groups excluding carboxylic acids is 1. The van der Waals surface area contributed by atoms with E-state index in [1.54, 1.807) is 6.92 Å². The van der Waals surface area contributed by atoms with Crippen molar-refractivity contribution in [3.63, 3.8) is 0 Å². The SMILES string of the molecule is Cc1cccc(C)c1NC(=O)C(C)O/N=C(/N)c1ccccc1CN1CCCCC1. The summed E-state index contributed by atoms with van der Waals surface area (Å²) in [7, 11) is 0. The second-order valence-electron chi connectivity index (χ2n) is 7.97. The van der Waals surface area contributed by atoms with Crippen LogP contribution in [0.3, 0.4) is 0 Å². The zero-order valence-corrected chi connectivity index (χ0v) is 18.1. The molecule has 3 N–H and O–H groups in total. The van der Waals surface area contributed by atoms with Crippen LogP contribution in [0.1, 0.15) is 48.4 Å². The first kappa shape index (κ1) is 21.8. The Morgan fingerprint density at radius 3 is 2.47 bits per heavy atom. The van der Waals surface area contributed by atoms with Crippen molar-refractivity contribution in [2.75, 3.05) is 18.4 Å². The molecule has 1 atom stereocenters. The number of nitrogens with zero attached hydrogens (tertiary/aromatic N) is 2. The van der Waals surface area contributed by atoms with Crippen LogP contribution >= 0.6 is 0 Å². The molecule has 1 aliphatic rings. The first-order valence-corrected chi connectivity index (χ1v) is 10.6. The van der Waals surface area contributed by atoms with Crippen molar-refractivity contribution in [2.45, 2.75) is 52.7 Å². The number of nitrogens with one attached hydrogen (secondary N) is 1. The van der Waals surface area contributed by atoms with Crippen LogP contribution < -0.4 is 11.1 Å². The van der Waals surface area contributed by atoms with Crippen molar-refractivity contribution in [3.8, 4) is 0 Å². The number of rotatable bonds is 7. The molecule has 0 radical (unpaired) electrons. The van der Waals surface area contributed by atoms with Gasteiger partial charge in [0.25, 0.3) is 5.91 Å².